The molecule has 0 bridgehead atoms. The largest absolute Gasteiger partial charge is 0.481 e. The fraction of sp³-hybridized carbons (Fsp3) is 0.0769. The molecule has 0 unspecified atom stereocenters. The number of benzene rings is 1. The number of nitrogens with one attached hydrogen (secondary N) is 1. The van der Waals surface area contributed by atoms with Crippen molar-refractivity contribution in [1.82, 2.24) is 9.97 Å². The van der Waals surface area contributed by atoms with Crippen LogP contribution < -0.4 is 0 Å². The van der Waals surface area contributed by atoms with Gasteiger partial charge < -0.3 is 10.1 Å². The molecule has 0 spiro atoms. The second-order valence-corrected chi connectivity index (χ2v) is 6.80. The molecule has 0 atom stereocenters. The van der Waals surface area contributed by atoms with E-state index < -0.39 is 5.97 Å². The van der Waals surface area contributed by atoms with Crippen LogP contribution in [-0.2, 0) is 4.79 Å². The average molecular weight is 369 g/mol. The molecule has 3 aromatic rings. The Labute approximate surface area is 131 Å². The number of aromatic amines is 1. The van der Waals surface area contributed by atoms with Gasteiger partial charge in [0, 0.05) is 15.4 Å². The summed E-state index contributed by atoms with van der Waals surface area (Å²) < 4.78 is 1.04. The third kappa shape index (κ3) is 2.74. The fourth-order valence-electron chi connectivity index (χ4n) is 1.82. The summed E-state index contributed by atoms with van der Waals surface area (Å²) in [5.41, 5.74) is 3.16. The molecule has 7 heteroatoms. The first-order chi connectivity index (χ1) is 9.63. The van der Waals surface area contributed by atoms with E-state index in [0.29, 0.717) is 5.16 Å². The van der Waals surface area contributed by atoms with E-state index in [1.165, 1.54) is 11.8 Å². The van der Waals surface area contributed by atoms with Gasteiger partial charge in [0.1, 0.15) is 4.83 Å². The summed E-state index contributed by atoms with van der Waals surface area (Å²) in [7, 11) is 0. The summed E-state index contributed by atoms with van der Waals surface area (Å²) in [5, 5.41) is 11.4. The number of aromatic nitrogens is 2. The van der Waals surface area contributed by atoms with Crippen LogP contribution in [0.5, 0.6) is 0 Å². The number of carboxylic acid groups (broad SMARTS) is 1. The summed E-state index contributed by atoms with van der Waals surface area (Å²) >= 11 is 6.17. The number of carboxylic acids is 1. The summed E-state index contributed by atoms with van der Waals surface area (Å²) in [6.45, 7) is 0. The first-order valence-electron chi connectivity index (χ1n) is 5.71. The molecule has 0 fully saturated rings. The van der Waals surface area contributed by atoms with Crippen molar-refractivity contribution < 1.29 is 9.90 Å². The number of hydrogen-bond acceptors (Lipinski definition) is 4. The molecule has 20 heavy (non-hydrogen) atoms. The summed E-state index contributed by atoms with van der Waals surface area (Å²) in [6.07, 6.45) is 0. The smallest absolute Gasteiger partial charge is 0.313 e. The SMILES string of the molecule is O=C(O)CSc1nc2scc(-c3ccc(Br)cc3)c2[nH]1. The van der Waals surface area contributed by atoms with Crippen molar-refractivity contribution in [1.29, 1.82) is 0 Å². The van der Waals surface area contributed by atoms with Gasteiger partial charge in [-0.15, -0.1) is 11.3 Å². The Balaban J connectivity index is 1.96. The van der Waals surface area contributed by atoms with E-state index in [-0.39, 0.29) is 5.75 Å². The molecule has 4 nitrogen and oxygen atoms in total. The van der Waals surface area contributed by atoms with Crippen LogP contribution in [0.15, 0.2) is 39.3 Å². The molecule has 0 saturated heterocycles. The fourth-order valence-corrected chi connectivity index (χ4v) is 3.64. The Morgan fingerprint density at radius 2 is 2.15 bits per heavy atom. The van der Waals surface area contributed by atoms with Gasteiger partial charge in [-0.05, 0) is 17.7 Å². The lowest BCUT2D eigenvalue weighted by atomic mass is 10.1. The van der Waals surface area contributed by atoms with Gasteiger partial charge in [-0.2, -0.15) is 0 Å². The standard InChI is InChI=1S/C13H9BrN2O2S2/c14-8-3-1-7(2-4-8)9-5-19-12-11(9)15-13(16-12)20-6-10(17)18/h1-5H,6H2,(H,15,16)(H,17,18). The molecule has 0 saturated carbocycles. The van der Waals surface area contributed by atoms with E-state index in [1.54, 1.807) is 11.3 Å². The minimum atomic E-state index is -0.845. The zero-order valence-electron chi connectivity index (χ0n) is 10.1. The Kier molecular flexibility index (Phi) is 3.82. The predicted octanol–water partition coefficient (Wildman–Crippen LogP) is 4.23. The third-order valence-electron chi connectivity index (χ3n) is 2.69. The molecular weight excluding hydrogens is 360 g/mol. The Morgan fingerprint density at radius 1 is 1.40 bits per heavy atom. The molecule has 0 radical (unpaired) electrons. The van der Waals surface area contributed by atoms with Gasteiger partial charge >= 0.3 is 5.97 Å². The Hall–Kier alpha value is -1.31. The van der Waals surface area contributed by atoms with Crippen molar-refractivity contribution >= 4 is 55.3 Å². The number of hydrogen-bond donors (Lipinski definition) is 2. The van der Waals surface area contributed by atoms with Crippen LogP contribution in [-0.4, -0.2) is 26.8 Å². The molecule has 0 aliphatic heterocycles. The van der Waals surface area contributed by atoms with E-state index >= 15 is 0 Å². The number of carbonyl (C=O) groups is 1. The zero-order chi connectivity index (χ0) is 14.1. The molecule has 2 aromatic heterocycles. The maximum absolute atomic E-state index is 10.6. The molecule has 102 valence electrons. The number of H-pyrrole nitrogens is 1. The predicted molar refractivity (Wildman–Crippen MR) is 85.5 cm³/mol. The van der Waals surface area contributed by atoms with Crippen molar-refractivity contribution in [3.05, 3.63) is 34.1 Å². The van der Waals surface area contributed by atoms with Gasteiger partial charge in [-0.25, -0.2) is 4.98 Å². The number of thiophene rings is 1. The van der Waals surface area contributed by atoms with Crippen molar-refractivity contribution in [2.75, 3.05) is 5.75 Å². The number of rotatable bonds is 4. The van der Waals surface area contributed by atoms with Crippen LogP contribution in [0.25, 0.3) is 21.5 Å². The minimum Gasteiger partial charge on any atom is -0.481 e. The van der Waals surface area contributed by atoms with Crippen LogP contribution in [0, 0.1) is 0 Å². The summed E-state index contributed by atoms with van der Waals surface area (Å²) in [4.78, 5) is 19.1. The second-order valence-electron chi connectivity index (χ2n) is 4.06. The Bertz CT molecular complexity index is 764. The quantitative estimate of drug-likeness (QED) is 0.676. The van der Waals surface area contributed by atoms with Crippen molar-refractivity contribution in [2.45, 2.75) is 5.16 Å². The van der Waals surface area contributed by atoms with Gasteiger partial charge in [0.05, 0.1) is 11.3 Å². The van der Waals surface area contributed by atoms with E-state index in [1.807, 2.05) is 24.3 Å². The highest BCUT2D eigenvalue weighted by Crippen LogP contribution is 2.34. The second kappa shape index (κ2) is 5.59. The third-order valence-corrected chi connectivity index (χ3v) is 4.95. The van der Waals surface area contributed by atoms with Crippen molar-refractivity contribution in [2.24, 2.45) is 0 Å². The average Bonchev–Trinajstić information content (AvgIpc) is 2.97. The van der Waals surface area contributed by atoms with E-state index in [2.05, 4.69) is 31.3 Å². The van der Waals surface area contributed by atoms with Crippen molar-refractivity contribution in [3.63, 3.8) is 0 Å². The maximum atomic E-state index is 10.6. The first kappa shape index (κ1) is 13.7. The summed E-state index contributed by atoms with van der Waals surface area (Å²) in [6, 6.07) is 8.07. The zero-order valence-corrected chi connectivity index (χ0v) is 13.3. The van der Waals surface area contributed by atoms with Crippen LogP contribution in [0.1, 0.15) is 0 Å². The number of thioether (sulfide) groups is 1. The van der Waals surface area contributed by atoms with Gasteiger partial charge in [0.25, 0.3) is 0 Å². The van der Waals surface area contributed by atoms with Crippen LogP contribution in [0.3, 0.4) is 0 Å². The van der Waals surface area contributed by atoms with Crippen LogP contribution >= 0.6 is 39.0 Å². The first-order valence-corrected chi connectivity index (χ1v) is 8.37. The Morgan fingerprint density at radius 3 is 2.85 bits per heavy atom. The molecule has 0 aliphatic carbocycles. The highest BCUT2D eigenvalue weighted by Gasteiger charge is 2.12. The highest BCUT2D eigenvalue weighted by atomic mass is 79.9. The van der Waals surface area contributed by atoms with Gasteiger partial charge in [-0.3, -0.25) is 4.79 Å². The van der Waals surface area contributed by atoms with Crippen LogP contribution in [0.4, 0.5) is 0 Å². The highest BCUT2D eigenvalue weighted by molar-refractivity contribution is 9.10. The molecule has 3 rings (SSSR count). The minimum absolute atomic E-state index is 0.00832. The van der Waals surface area contributed by atoms with E-state index in [0.717, 1.165) is 25.9 Å². The number of fused-ring (bicyclic) bond motifs is 1. The number of nitrogens with zero attached hydrogens (tertiary/aromatic N) is 1. The lowest BCUT2D eigenvalue weighted by molar-refractivity contribution is -0.133. The molecule has 1 aromatic carbocycles. The van der Waals surface area contributed by atoms with E-state index in [4.69, 9.17) is 5.11 Å². The normalized spacial score (nSPS) is 11.1. The van der Waals surface area contributed by atoms with E-state index in [9.17, 15) is 4.79 Å². The molecule has 0 amide bonds. The topological polar surface area (TPSA) is 66.0 Å². The van der Waals surface area contributed by atoms with Gasteiger partial charge in [0.15, 0.2) is 5.16 Å². The summed E-state index contributed by atoms with van der Waals surface area (Å²) in [5.74, 6) is -0.836. The number of imidazole rings is 1. The van der Waals surface area contributed by atoms with Gasteiger partial charge in [0.2, 0.25) is 0 Å². The number of aliphatic carboxylic acids is 1. The number of halogens is 1. The molecule has 2 N–H and O–H groups in total. The molecular formula is C13H9BrN2O2S2. The van der Waals surface area contributed by atoms with Gasteiger partial charge in [-0.1, -0.05) is 39.8 Å². The molecule has 2 heterocycles. The van der Waals surface area contributed by atoms with Crippen molar-refractivity contribution in [3.8, 4) is 11.1 Å². The lowest BCUT2D eigenvalue weighted by Gasteiger charge is -1.98. The monoisotopic (exact) mass is 368 g/mol. The maximum Gasteiger partial charge on any atom is 0.313 e. The lowest BCUT2D eigenvalue weighted by Crippen LogP contribution is -1.97. The molecule has 0 aliphatic rings. The van der Waals surface area contributed by atoms with Crippen LogP contribution in [0.2, 0.25) is 0 Å².